The van der Waals surface area contributed by atoms with Gasteiger partial charge >= 0.3 is 5.97 Å². The second-order valence-corrected chi connectivity index (χ2v) is 3.95. The highest BCUT2D eigenvalue weighted by Crippen LogP contribution is 2.17. The number of hydrogen-bond acceptors (Lipinski definition) is 5. The first-order valence-electron chi connectivity index (χ1n) is 5.89. The highest BCUT2D eigenvalue weighted by Gasteiger charge is 2.19. The molecular formula is C15H13NO4. The van der Waals surface area contributed by atoms with Crippen LogP contribution < -0.4 is 4.74 Å². The summed E-state index contributed by atoms with van der Waals surface area (Å²) >= 11 is 0. The van der Waals surface area contributed by atoms with Gasteiger partial charge in [0.15, 0.2) is 11.5 Å². The topological polar surface area (TPSA) is 65.5 Å². The Bertz CT molecular complexity index is 635. The largest absolute Gasteiger partial charge is 0.497 e. The van der Waals surface area contributed by atoms with Gasteiger partial charge < -0.3 is 9.47 Å². The van der Waals surface area contributed by atoms with Gasteiger partial charge in [-0.3, -0.25) is 4.79 Å². The lowest BCUT2D eigenvalue weighted by Crippen LogP contribution is -2.13. The summed E-state index contributed by atoms with van der Waals surface area (Å²) in [5.74, 6) is -0.274. The summed E-state index contributed by atoms with van der Waals surface area (Å²) in [5.41, 5.74) is 0.671. The van der Waals surface area contributed by atoms with E-state index in [0.717, 1.165) is 0 Å². The number of aromatic nitrogens is 1. The van der Waals surface area contributed by atoms with Gasteiger partial charge in [0.25, 0.3) is 0 Å². The third-order valence-electron chi connectivity index (χ3n) is 2.78. The second kappa shape index (κ2) is 5.97. The predicted molar refractivity (Wildman–Crippen MR) is 72.0 cm³/mol. The van der Waals surface area contributed by atoms with E-state index in [9.17, 15) is 9.59 Å². The molecule has 1 aromatic heterocycles. The maximum absolute atomic E-state index is 12.4. The summed E-state index contributed by atoms with van der Waals surface area (Å²) in [6.45, 7) is 0. The monoisotopic (exact) mass is 271 g/mol. The molecule has 0 atom stereocenters. The minimum Gasteiger partial charge on any atom is -0.497 e. The second-order valence-electron chi connectivity index (χ2n) is 3.95. The SMILES string of the molecule is COC(=O)c1ncccc1C(=O)c1ccc(OC)cc1. The fourth-order valence-corrected chi connectivity index (χ4v) is 1.75. The molecule has 0 aliphatic rings. The first-order chi connectivity index (χ1) is 9.67. The first-order valence-corrected chi connectivity index (χ1v) is 5.89. The van der Waals surface area contributed by atoms with Crippen LogP contribution in [0, 0.1) is 0 Å². The van der Waals surface area contributed by atoms with E-state index < -0.39 is 5.97 Å². The number of hydrogen-bond donors (Lipinski definition) is 0. The summed E-state index contributed by atoms with van der Waals surface area (Å²) in [4.78, 5) is 27.9. The molecule has 0 radical (unpaired) electrons. The summed E-state index contributed by atoms with van der Waals surface area (Å²) in [5, 5.41) is 0. The Labute approximate surface area is 116 Å². The lowest BCUT2D eigenvalue weighted by Gasteiger charge is -2.06. The molecule has 0 saturated carbocycles. The van der Waals surface area contributed by atoms with Crippen molar-refractivity contribution in [3.63, 3.8) is 0 Å². The average Bonchev–Trinajstić information content (AvgIpc) is 2.53. The zero-order valence-corrected chi connectivity index (χ0v) is 11.1. The molecule has 0 aliphatic carbocycles. The molecule has 0 bridgehead atoms. The van der Waals surface area contributed by atoms with Crippen LogP contribution in [0.15, 0.2) is 42.6 Å². The van der Waals surface area contributed by atoms with Gasteiger partial charge in [-0.2, -0.15) is 0 Å². The lowest BCUT2D eigenvalue weighted by molar-refractivity contribution is 0.0590. The number of carbonyl (C=O) groups excluding carboxylic acids is 2. The Hall–Kier alpha value is -2.69. The molecular weight excluding hydrogens is 258 g/mol. The van der Waals surface area contributed by atoms with Crippen LogP contribution in [0.3, 0.4) is 0 Å². The van der Waals surface area contributed by atoms with Crippen LogP contribution in [0.4, 0.5) is 0 Å². The van der Waals surface area contributed by atoms with Crippen molar-refractivity contribution in [2.75, 3.05) is 14.2 Å². The molecule has 0 N–H and O–H groups in total. The Morgan fingerprint density at radius 1 is 1.05 bits per heavy atom. The fraction of sp³-hybridized carbons (Fsp3) is 0.133. The third kappa shape index (κ3) is 2.66. The molecule has 0 fully saturated rings. The molecule has 0 saturated heterocycles. The van der Waals surface area contributed by atoms with Gasteiger partial charge in [-0.15, -0.1) is 0 Å². The Kier molecular flexibility index (Phi) is 4.10. The minimum atomic E-state index is -0.637. The zero-order valence-electron chi connectivity index (χ0n) is 11.1. The third-order valence-corrected chi connectivity index (χ3v) is 2.78. The van der Waals surface area contributed by atoms with Crippen molar-refractivity contribution >= 4 is 11.8 Å². The van der Waals surface area contributed by atoms with Crippen molar-refractivity contribution in [1.82, 2.24) is 4.98 Å². The molecule has 0 aliphatic heterocycles. The fourth-order valence-electron chi connectivity index (χ4n) is 1.75. The quantitative estimate of drug-likeness (QED) is 0.629. The van der Waals surface area contributed by atoms with Crippen molar-refractivity contribution in [2.24, 2.45) is 0 Å². The number of methoxy groups -OCH3 is 2. The molecule has 1 aromatic carbocycles. The highest BCUT2D eigenvalue weighted by molar-refractivity contribution is 6.13. The van der Waals surface area contributed by atoms with E-state index in [4.69, 9.17) is 4.74 Å². The highest BCUT2D eigenvalue weighted by atomic mass is 16.5. The molecule has 1 heterocycles. The van der Waals surface area contributed by atoms with E-state index in [2.05, 4.69) is 9.72 Å². The zero-order chi connectivity index (χ0) is 14.5. The van der Waals surface area contributed by atoms with E-state index in [1.54, 1.807) is 43.5 Å². The molecule has 5 heteroatoms. The summed E-state index contributed by atoms with van der Waals surface area (Å²) < 4.78 is 9.66. The number of nitrogens with zero attached hydrogens (tertiary/aromatic N) is 1. The molecule has 2 aromatic rings. The van der Waals surface area contributed by atoms with Gasteiger partial charge in [-0.05, 0) is 36.4 Å². The molecule has 5 nitrogen and oxygen atoms in total. The molecule has 20 heavy (non-hydrogen) atoms. The van der Waals surface area contributed by atoms with Crippen LogP contribution in [0.25, 0.3) is 0 Å². The first kappa shape index (κ1) is 13.7. The molecule has 2 rings (SSSR count). The molecule has 0 spiro atoms. The van der Waals surface area contributed by atoms with Gasteiger partial charge in [0.1, 0.15) is 5.75 Å². The van der Waals surface area contributed by atoms with Crippen LogP contribution in [0.5, 0.6) is 5.75 Å². The summed E-state index contributed by atoms with van der Waals surface area (Å²) in [6, 6.07) is 9.78. The molecule has 102 valence electrons. The van der Waals surface area contributed by atoms with E-state index >= 15 is 0 Å². The van der Waals surface area contributed by atoms with Crippen LogP contribution in [-0.4, -0.2) is 31.0 Å². The number of rotatable bonds is 4. The van der Waals surface area contributed by atoms with E-state index in [0.29, 0.717) is 11.3 Å². The van der Waals surface area contributed by atoms with Crippen LogP contribution in [0.2, 0.25) is 0 Å². The maximum atomic E-state index is 12.4. The Morgan fingerprint density at radius 3 is 2.35 bits per heavy atom. The van der Waals surface area contributed by atoms with Crippen molar-refractivity contribution in [3.05, 3.63) is 59.4 Å². The van der Waals surface area contributed by atoms with E-state index in [-0.39, 0.29) is 17.0 Å². The van der Waals surface area contributed by atoms with Crippen molar-refractivity contribution < 1.29 is 19.1 Å². The van der Waals surface area contributed by atoms with Crippen molar-refractivity contribution in [3.8, 4) is 5.75 Å². The number of ketones is 1. The van der Waals surface area contributed by atoms with Crippen LogP contribution in [0.1, 0.15) is 26.4 Å². The average molecular weight is 271 g/mol. The van der Waals surface area contributed by atoms with Gasteiger partial charge in [-0.1, -0.05) is 0 Å². The van der Waals surface area contributed by atoms with Gasteiger partial charge in [-0.25, -0.2) is 9.78 Å². The number of pyridine rings is 1. The molecule has 0 amide bonds. The number of esters is 1. The van der Waals surface area contributed by atoms with E-state index in [1.165, 1.54) is 13.3 Å². The minimum absolute atomic E-state index is 0.0100. The van der Waals surface area contributed by atoms with Crippen LogP contribution >= 0.6 is 0 Å². The predicted octanol–water partition coefficient (Wildman–Crippen LogP) is 2.11. The van der Waals surface area contributed by atoms with Crippen molar-refractivity contribution in [1.29, 1.82) is 0 Å². The number of ether oxygens (including phenoxy) is 2. The standard InChI is InChI=1S/C15H13NO4/c1-19-11-7-5-10(6-8-11)14(17)12-4-3-9-16-13(12)15(18)20-2/h3-9H,1-2H3. The Morgan fingerprint density at radius 2 is 1.75 bits per heavy atom. The lowest BCUT2D eigenvalue weighted by atomic mass is 10.0. The summed E-state index contributed by atoms with van der Waals surface area (Å²) in [6.07, 6.45) is 1.44. The van der Waals surface area contributed by atoms with Gasteiger partial charge in [0.05, 0.1) is 19.8 Å². The maximum Gasteiger partial charge on any atom is 0.357 e. The van der Waals surface area contributed by atoms with E-state index in [1.807, 2.05) is 0 Å². The van der Waals surface area contributed by atoms with Crippen molar-refractivity contribution in [2.45, 2.75) is 0 Å². The number of carbonyl (C=O) groups is 2. The smallest absolute Gasteiger partial charge is 0.357 e. The normalized spacial score (nSPS) is 9.90. The summed E-state index contributed by atoms with van der Waals surface area (Å²) in [7, 11) is 2.80. The Balaban J connectivity index is 2.40. The molecule has 0 unspecified atom stereocenters. The van der Waals surface area contributed by atoms with Gasteiger partial charge in [0.2, 0.25) is 0 Å². The van der Waals surface area contributed by atoms with Gasteiger partial charge in [0, 0.05) is 11.8 Å². The number of benzene rings is 1. The van der Waals surface area contributed by atoms with Crippen LogP contribution in [-0.2, 0) is 4.74 Å².